The smallest absolute Gasteiger partial charge is 0.181 e. The van der Waals surface area contributed by atoms with Crippen LogP contribution in [0.4, 0.5) is 20.3 Å². The normalized spacial score (nSPS) is 10.5. The molecule has 1 aromatic heterocycles. The second-order valence-electron chi connectivity index (χ2n) is 2.98. The van der Waals surface area contributed by atoms with Crippen molar-refractivity contribution in [1.29, 1.82) is 0 Å². The van der Waals surface area contributed by atoms with E-state index in [0.717, 1.165) is 6.07 Å². The largest absolute Gasteiger partial charge is 0.396 e. The van der Waals surface area contributed by atoms with Gasteiger partial charge in [-0.15, -0.1) is 0 Å². The van der Waals surface area contributed by atoms with Crippen molar-refractivity contribution in [2.75, 3.05) is 11.5 Å². The molecular formula is C9H7F2N3O. The van der Waals surface area contributed by atoms with Gasteiger partial charge in [-0.3, -0.25) is 0 Å². The van der Waals surface area contributed by atoms with E-state index in [0.29, 0.717) is 0 Å². The third-order valence-electron chi connectivity index (χ3n) is 1.87. The molecule has 0 amide bonds. The Labute approximate surface area is 83.5 Å². The molecule has 0 saturated heterocycles. The molecule has 15 heavy (non-hydrogen) atoms. The molecular weight excluding hydrogens is 204 g/mol. The van der Waals surface area contributed by atoms with Crippen molar-refractivity contribution in [3.63, 3.8) is 0 Å². The topological polar surface area (TPSA) is 78.1 Å². The van der Waals surface area contributed by atoms with Gasteiger partial charge in [0.15, 0.2) is 23.2 Å². The van der Waals surface area contributed by atoms with Gasteiger partial charge in [-0.05, 0) is 12.1 Å². The summed E-state index contributed by atoms with van der Waals surface area (Å²) in [6, 6.07) is 3.61. The molecule has 2 rings (SSSR count). The molecule has 4 nitrogen and oxygen atoms in total. The van der Waals surface area contributed by atoms with Crippen LogP contribution in [-0.2, 0) is 0 Å². The first kappa shape index (κ1) is 9.45. The number of nitrogen functional groups attached to an aromatic ring is 2. The fraction of sp³-hybridized carbons (Fsp3) is 0. The fourth-order valence-electron chi connectivity index (χ4n) is 1.18. The van der Waals surface area contributed by atoms with Crippen LogP contribution < -0.4 is 11.5 Å². The van der Waals surface area contributed by atoms with Gasteiger partial charge in [0.1, 0.15) is 0 Å². The van der Waals surface area contributed by atoms with Crippen LogP contribution in [0.2, 0.25) is 0 Å². The minimum absolute atomic E-state index is 0.160. The molecule has 2 aromatic rings. The molecule has 0 bridgehead atoms. The van der Waals surface area contributed by atoms with Crippen LogP contribution in [0.15, 0.2) is 22.7 Å². The van der Waals surface area contributed by atoms with Crippen molar-refractivity contribution in [3.8, 4) is 11.3 Å². The number of anilines is 2. The van der Waals surface area contributed by atoms with E-state index in [4.69, 9.17) is 16.0 Å². The number of benzene rings is 1. The van der Waals surface area contributed by atoms with Crippen molar-refractivity contribution in [1.82, 2.24) is 5.16 Å². The Morgan fingerprint density at radius 3 is 2.40 bits per heavy atom. The van der Waals surface area contributed by atoms with Gasteiger partial charge in [-0.1, -0.05) is 5.16 Å². The fourth-order valence-corrected chi connectivity index (χ4v) is 1.18. The molecule has 0 unspecified atom stereocenters. The summed E-state index contributed by atoms with van der Waals surface area (Å²) >= 11 is 0. The molecule has 1 aromatic carbocycles. The predicted molar refractivity (Wildman–Crippen MR) is 50.7 cm³/mol. The van der Waals surface area contributed by atoms with Crippen molar-refractivity contribution >= 4 is 11.5 Å². The lowest BCUT2D eigenvalue weighted by molar-refractivity contribution is 0.435. The molecule has 0 spiro atoms. The molecule has 1 heterocycles. The van der Waals surface area contributed by atoms with Gasteiger partial charge in [0.2, 0.25) is 0 Å². The van der Waals surface area contributed by atoms with E-state index < -0.39 is 11.6 Å². The number of hydrogen-bond acceptors (Lipinski definition) is 4. The Morgan fingerprint density at radius 2 is 1.87 bits per heavy atom. The monoisotopic (exact) mass is 211 g/mol. The Hall–Kier alpha value is -2.11. The lowest BCUT2D eigenvalue weighted by atomic mass is 10.1. The van der Waals surface area contributed by atoms with Gasteiger partial charge in [0.05, 0.1) is 5.69 Å². The van der Waals surface area contributed by atoms with Crippen LogP contribution in [0.25, 0.3) is 11.3 Å². The first-order valence-corrected chi connectivity index (χ1v) is 4.05. The highest BCUT2D eigenvalue weighted by molar-refractivity contribution is 5.64. The summed E-state index contributed by atoms with van der Waals surface area (Å²) in [6.45, 7) is 0. The van der Waals surface area contributed by atoms with E-state index in [-0.39, 0.29) is 22.8 Å². The van der Waals surface area contributed by atoms with Crippen molar-refractivity contribution in [2.45, 2.75) is 0 Å². The molecule has 0 aliphatic carbocycles. The van der Waals surface area contributed by atoms with Crippen LogP contribution in [0.5, 0.6) is 0 Å². The zero-order valence-corrected chi connectivity index (χ0v) is 7.50. The molecule has 0 aliphatic heterocycles. The van der Waals surface area contributed by atoms with Gasteiger partial charge >= 0.3 is 0 Å². The van der Waals surface area contributed by atoms with E-state index in [1.807, 2.05) is 0 Å². The molecule has 78 valence electrons. The van der Waals surface area contributed by atoms with Crippen molar-refractivity contribution in [2.24, 2.45) is 0 Å². The highest BCUT2D eigenvalue weighted by Gasteiger charge is 2.12. The lowest BCUT2D eigenvalue weighted by Crippen LogP contribution is -1.95. The number of aromatic nitrogens is 1. The Balaban J connectivity index is 2.55. The molecule has 0 radical (unpaired) electrons. The summed E-state index contributed by atoms with van der Waals surface area (Å²) in [5.41, 5.74) is 10.6. The first-order valence-electron chi connectivity index (χ1n) is 4.05. The number of nitrogens with zero attached hydrogens (tertiary/aromatic N) is 1. The Kier molecular flexibility index (Phi) is 2.03. The van der Waals surface area contributed by atoms with E-state index in [2.05, 4.69) is 5.16 Å². The zero-order chi connectivity index (χ0) is 11.0. The highest BCUT2D eigenvalue weighted by Crippen LogP contribution is 2.26. The average molecular weight is 211 g/mol. The van der Waals surface area contributed by atoms with E-state index in [9.17, 15) is 8.78 Å². The SMILES string of the molecule is Nc1cc(-c2cc(N)c(F)c(F)c2)on1. The first-order chi connectivity index (χ1) is 7.08. The maximum absolute atomic E-state index is 13.0. The van der Waals surface area contributed by atoms with Gasteiger partial charge in [0, 0.05) is 11.6 Å². The quantitative estimate of drug-likeness (QED) is 0.705. The highest BCUT2D eigenvalue weighted by atomic mass is 19.2. The van der Waals surface area contributed by atoms with Gasteiger partial charge in [-0.25, -0.2) is 8.78 Å². The summed E-state index contributed by atoms with van der Waals surface area (Å²) < 4.78 is 30.6. The minimum atomic E-state index is -1.08. The van der Waals surface area contributed by atoms with Gasteiger partial charge in [-0.2, -0.15) is 0 Å². The Morgan fingerprint density at radius 1 is 1.13 bits per heavy atom. The van der Waals surface area contributed by atoms with Crippen LogP contribution in [0, 0.1) is 11.6 Å². The number of rotatable bonds is 1. The van der Waals surface area contributed by atoms with E-state index in [1.165, 1.54) is 12.1 Å². The summed E-state index contributed by atoms with van der Waals surface area (Å²) in [5.74, 6) is -1.72. The van der Waals surface area contributed by atoms with Crippen LogP contribution >= 0.6 is 0 Å². The summed E-state index contributed by atoms with van der Waals surface area (Å²) in [4.78, 5) is 0. The number of halogens is 2. The van der Waals surface area contributed by atoms with Crippen molar-refractivity contribution in [3.05, 3.63) is 29.8 Å². The molecule has 4 N–H and O–H groups in total. The molecule has 6 heteroatoms. The average Bonchev–Trinajstić information content (AvgIpc) is 2.60. The van der Waals surface area contributed by atoms with Crippen LogP contribution in [-0.4, -0.2) is 5.16 Å². The number of nitrogens with two attached hydrogens (primary N) is 2. The van der Waals surface area contributed by atoms with Gasteiger partial charge in [0.25, 0.3) is 0 Å². The maximum atomic E-state index is 13.0. The summed E-state index contributed by atoms with van der Waals surface area (Å²) in [7, 11) is 0. The van der Waals surface area contributed by atoms with Crippen LogP contribution in [0.3, 0.4) is 0 Å². The Bertz CT molecular complexity index is 487. The zero-order valence-electron chi connectivity index (χ0n) is 7.50. The maximum Gasteiger partial charge on any atom is 0.181 e. The predicted octanol–water partition coefficient (Wildman–Crippen LogP) is 1.78. The van der Waals surface area contributed by atoms with Gasteiger partial charge < -0.3 is 16.0 Å². The summed E-state index contributed by atoms with van der Waals surface area (Å²) in [6.07, 6.45) is 0. The molecule has 0 saturated carbocycles. The second-order valence-corrected chi connectivity index (χ2v) is 2.98. The third-order valence-corrected chi connectivity index (χ3v) is 1.87. The standard InChI is InChI=1S/C9H7F2N3O/c10-5-1-4(2-6(12)9(5)11)7-3-8(13)14-15-7/h1-3H,12H2,(H2,13,14). The van der Waals surface area contributed by atoms with E-state index >= 15 is 0 Å². The summed E-state index contributed by atoms with van der Waals surface area (Å²) in [5, 5.41) is 3.42. The van der Waals surface area contributed by atoms with E-state index in [1.54, 1.807) is 0 Å². The molecule has 0 fully saturated rings. The minimum Gasteiger partial charge on any atom is -0.396 e. The lowest BCUT2D eigenvalue weighted by Gasteiger charge is -2.00. The number of hydrogen-bond donors (Lipinski definition) is 2. The molecule has 0 aliphatic rings. The molecule has 0 atom stereocenters. The van der Waals surface area contributed by atoms with Crippen molar-refractivity contribution < 1.29 is 13.3 Å². The third kappa shape index (κ3) is 1.61. The second kappa shape index (κ2) is 3.23. The van der Waals surface area contributed by atoms with Crippen LogP contribution in [0.1, 0.15) is 0 Å².